The van der Waals surface area contributed by atoms with E-state index in [-0.39, 0.29) is 5.91 Å². The summed E-state index contributed by atoms with van der Waals surface area (Å²) in [6.07, 6.45) is 5.94. The Morgan fingerprint density at radius 3 is 3.16 bits per heavy atom. The van der Waals surface area contributed by atoms with Crippen LogP contribution in [0.3, 0.4) is 0 Å². The molecule has 0 aliphatic carbocycles. The minimum atomic E-state index is 0.0660. The van der Waals surface area contributed by atoms with Gasteiger partial charge in [-0.3, -0.25) is 4.79 Å². The number of aryl methyl sites for hydroxylation is 2. The highest BCUT2D eigenvalue weighted by Crippen LogP contribution is 2.30. The number of carbonyl (C=O) groups is 1. The Morgan fingerprint density at radius 1 is 1.48 bits per heavy atom. The third-order valence-electron chi connectivity index (χ3n) is 4.54. The smallest absolute Gasteiger partial charge is 0.221 e. The highest BCUT2D eigenvalue weighted by atomic mass is 16.5. The summed E-state index contributed by atoms with van der Waals surface area (Å²) in [6.45, 7) is 3.98. The molecule has 1 aliphatic heterocycles. The number of rotatable bonds is 7. The zero-order chi connectivity index (χ0) is 17.6. The molecule has 1 aliphatic rings. The van der Waals surface area contributed by atoms with Gasteiger partial charge in [-0.25, -0.2) is 4.98 Å². The van der Waals surface area contributed by atoms with Gasteiger partial charge in [0.2, 0.25) is 5.91 Å². The summed E-state index contributed by atoms with van der Waals surface area (Å²) in [5.74, 6) is 3.06. The van der Waals surface area contributed by atoms with Crippen LogP contribution in [0.1, 0.15) is 24.7 Å². The lowest BCUT2D eigenvalue weighted by Crippen LogP contribution is -2.35. The van der Waals surface area contributed by atoms with Gasteiger partial charge in [-0.1, -0.05) is 13.0 Å². The van der Waals surface area contributed by atoms with Gasteiger partial charge in [-0.05, 0) is 18.1 Å². The van der Waals surface area contributed by atoms with Gasteiger partial charge >= 0.3 is 0 Å². The van der Waals surface area contributed by atoms with E-state index in [4.69, 9.17) is 9.47 Å². The number of hydrogen-bond acceptors (Lipinski definition) is 4. The number of methoxy groups -OCH3 is 1. The van der Waals surface area contributed by atoms with Gasteiger partial charge in [0.1, 0.15) is 17.3 Å². The summed E-state index contributed by atoms with van der Waals surface area (Å²) in [5.41, 5.74) is 1.16. The number of fused-ring (bicyclic) bond motifs is 1. The Kier molecular flexibility index (Phi) is 5.58. The minimum absolute atomic E-state index is 0.0660. The molecule has 2 heterocycles. The largest absolute Gasteiger partial charge is 0.497 e. The number of ether oxygens (including phenoxy) is 2. The molecule has 0 fully saturated rings. The molecule has 1 atom stereocenters. The van der Waals surface area contributed by atoms with E-state index >= 15 is 0 Å². The summed E-state index contributed by atoms with van der Waals surface area (Å²) < 4.78 is 13.1. The van der Waals surface area contributed by atoms with Crippen molar-refractivity contribution in [3.8, 4) is 11.5 Å². The van der Waals surface area contributed by atoms with Crippen LogP contribution in [0.4, 0.5) is 0 Å². The molecule has 0 saturated carbocycles. The predicted molar refractivity (Wildman–Crippen MR) is 94.9 cm³/mol. The molecule has 3 rings (SSSR count). The molecule has 25 heavy (non-hydrogen) atoms. The minimum Gasteiger partial charge on any atom is -0.497 e. The molecule has 0 unspecified atom stereocenters. The van der Waals surface area contributed by atoms with Crippen molar-refractivity contribution in [2.75, 3.05) is 20.3 Å². The van der Waals surface area contributed by atoms with Crippen LogP contribution in [0.5, 0.6) is 11.5 Å². The highest BCUT2D eigenvalue weighted by Gasteiger charge is 2.21. The van der Waals surface area contributed by atoms with E-state index in [0.717, 1.165) is 35.7 Å². The third kappa shape index (κ3) is 4.32. The lowest BCUT2D eigenvalue weighted by atomic mass is 9.96. The standard InChI is InChI=1S/C19H25N3O3/c1-3-18-20-7-9-22(18)8-6-19(23)21-12-14-10-15-4-5-16(24-2)11-17(15)25-13-14/h4-5,7,9,11,14H,3,6,8,10,12-13H2,1-2H3,(H,21,23)/t14-/m1/s1. The fourth-order valence-corrected chi connectivity index (χ4v) is 3.10. The Morgan fingerprint density at radius 2 is 2.36 bits per heavy atom. The fourth-order valence-electron chi connectivity index (χ4n) is 3.10. The molecule has 0 spiro atoms. The van der Waals surface area contributed by atoms with E-state index in [9.17, 15) is 4.79 Å². The monoisotopic (exact) mass is 343 g/mol. The Labute approximate surface area is 148 Å². The van der Waals surface area contributed by atoms with Gasteiger partial charge in [0.25, 0.3) is 0 Å². The molecule has 6 nitrogen and oxygen atoms in total. The van der Waals surface area contributed by atoms with Crippen LogP contribution in [0.25, 0.3) is 0 Å². The lowest BCUT2D eigenvalue weighted by molar-refractivity contribution is -0.121. The molecule has 2 aromatic rings. The number of nitrogens with zero attached hydrogens (tertiary/aromatic N) is 2. The van der Waals surface area contributed by atoms with E-state index in [1.54, 1.807) is 13.3 Å². The molecule has 6 heteroatoms. The number of benzene rings is 1. The molecular formula is C19H25N3O3. The SMILES string of the molecule is CCc1nccn1CCC(=O)NC[C@@H]1COc2cc(OC)ccc2C1. The van der Waals surface area contributed by atoms with Crippen molar-refractivity contribution in [3.63, 3.8) is 0 Å². The van der Waals surface area contributed by atoms with Gasteiger partial charge in [-0.15, -0.1) is 0 Å². The second-order valence-corrected chi connectivity index (χ2v) is 6.30. The molecule has 0 saturated heterocycles. The molecular weight excluding hydrogens is 318 g/mol. The number of hydrogen-bond donors (Lipinski definition) is 1. The van der Waals surface area contributed by atoms with Crippen LogP contribution >= 0.6 is 0 Å². The van der Waals surface area contributed by atoms with Crippen LogP contribution in [-0.2, 0) is 24.2 Å². The Balaban J connectivity index is 1.45. The number of nitrogens with one attached hydrogen (secondary N) is 1. The van der Waals surface area contributed by atoms with Crippen LogP contribution < -0.4 is 14.8 Å². The number of carbonyl (C=O) groups excluding carboxylic acids is 1. The summed E-state index contributed by atoms with van der Waals surface area (Å²) >= 11 is 0. The first-order valence-electron chi connectivity index (χ1n) is 8.76. The molecule has 1 aromatic carbocycles. The van der Waals surface area contributed by atoms with E-state index in [2.05, 4.69) is 17.2 Å². The lowest BCUT2D eigenvalue weighted by Gasteiger charge is -2.25. The first kappa shape index (κ1) is 17.3. The van der Waals surface area contributed by atoms with Gasteiger partial charge in [0.05, 0.1) is 13.7 Å². The zero-order valence-electron chi connectivity index (χ0n) is 14.8. The van der Waals surface area contributed by atoms with Crippen molar-refractivity contribution in [3.05, 3.63) is 42.0 Å². The molecule has 1 amide bonds. The van der Waals surface area contributed by atoms with Gasteiger partial charge in [0, 0.05) is 50.3 Å². The van der Waals surface area contributed by atoms with E-state index < -0.39 is 0 Å². The quantitative estimate of drug-likeness (QED) is 0.837. The second kappa shape index (κ2) is 8.05. The zero-order valence-corrected chi connectivity index (χ0v) is 14.8. The van der Waals surface area contributed by atoms with Crippen molar-refractivity contribution in [1.82, 2.24) is 14.9 Å². The van der Waals surface area contributed by atoms with Crippen LogP contribution in [0.2, 0.25) is 0 Å². The van der Waals surface area contributed by atoms with Crippen LogP contribution in [0.15, 0.2) is 30.6 Å². The average molecular weight is 343 g/mol. The molecule has 134 valence electrons. The maximum absolute atomic E-state index is 12.1. The predicted octanol–water partition coefficient (Wildman–Crippen LogP) is 2.21. The normalized spacial score (nSPS) is 16.0. The fraction of sp³-hybridized carbons (Fsp3) is 0.474. The number of aromatic nitrogens is 2. The number of imidazole rings is 1. The van der Waals surface area contributed by atoms with Crippen molar-refractivity contribution < 1.29 is 14.3 Å². The maximum atomic E-state index is 12.1. The third-order valence-corrected chi connectivity index (χ3v) is 4.54. The Bertz CT molecular complexity index is 726. The summed E-state index contributed by atoms with van der Waals surface area (Å²) in [6, 6.07) is 5.90. The van der Waals surface area contributed by atoms with Gasteiger partial charge in [0.15, 0.2) is 0 Å². The van der Waals surface area contributed by atoms with Crippen molar-refractivity contribution in [1.29, 1.82) is 0 Å². The molecule has 1 aromatic heterocycles. The topological polar surface area (TPSA) is 65.4 Å². The maximum Gasteiger partial charge on any atom is 0.221 e. The summed E-state index contributed by atoms with van der Waals surface area (Å²) in [4.78, 5) is 16.4. The summed E-state index contributed by atoms with van der Waals surface area (Å²) in [7, 11) is 1.65. The van der Waals surface area contributed by atoms with Crippen molar-refractivity contribution in [2.45, 2.75) is 32.7 Å². The number of amides is 1. The summed E-state index contributed by atoms with van der Waals surface area (Å²) in [5, 5.41) is 3.03. The van der Waals surface area contributed by atoms with E-state index in [0.29, 0.717) is 32.0 Å². The molecule has 0 bridgehead atoms. The molecule has 0 radical (unpaired) electrons. The van der Waals surface area contributed by atoms with Crippen molar-refractivity contribution in [2.24, 2.45) is 5.92 Å². The molecule has 1 N–H and O–H groups in total. The van der Waals surface area contributed by atoms with Crippen molar-refractivity contribution >= 4 is 5.91 Å². The van der Waals surface area contributed by atoms with Gasteiger partial charge in [-0.2, -0.15) is 0 Å². The Hall–Kier alpha value is -2.50. The van der Waals surface area contributed by atoms with Crippen LogP contribution in [-0.4, -0.2) is 35.7 Å². The average Bonchev–Trinajstić information content (AvgIpc) is 3.11. The first-order chi connectivity index (χ1) is 12.2. The van der Waals surface area contributed by atoms with E-state index in [1.165, 1.54) is 0 Å². The highest BCUT2D eigenvalue weighted by molar-refractivity contribution is 5.75. The first-order valence-corrected chi connectivity index (χ1v) is 8.76. The van der Waals surface area contributed by atoms with Crippen LogP contribution in [0, 0.1) is 5.92 Å². The van der Waals surface area contributed by atoms with E-state index in [1.807, 2.05) is 29.0 Å². The second-order valence-electron chi connectivity index (χ2n) is 6.30. The van der Waals surface area contributed by atoms with Gasteiger partial charge < -0.3 is 19.4 Å².